The van der Waals surface area contributed by atoms with E-state index in [1.807, 2.05) is 35.9 Å². The summed E-state index contributed by atoms with van der Waals surface area (Å²) in [6.45, 7) is 1.94. The van der Waals surface area contributed by atoms with E-state index in [1.54, 1.807) is 81.0 Å². The van der Waals surface area contributed by atoms with Crippen LogP contribution in [0.15, 0.2) is 100 Å². The molecule has 0 aliphatic carbocycles. The number of carbonyl (C=O) groups is 3. The zero-order chi connectivity index (χ0) is 29.9. The molecule has 3 aromatic carbocycles. The highest BCUT2D eigenvalue weighted by atomic mass is 32.2. The van der Waals surface area contributed by atoms with Crippen LogP contribution in [0.25, 0.3) is 6.08 Å². The van der Waals surface area contributed by atoms with Crippen molar-refractivity contribution in [2.45, 2.75) is 23.5 Å². The molecule has 0 fully saturated rings. The molecule has 1 heterocycles. The van der Waals surface area contributed by atoms with Gasteiger partial charge >= 0.3 is 0 Å². The lowest BCUT2D eigenvalue weighted by Crippen LogP contribution is -2.30. The molecule has 4 aromatic rings. The number of methoxy groups -OCH3 is 2. The highest BCUT2D eigenvalue weighted by Gasteiger charge is 2.20. The normalized spacial score (nSPS) is 11.7. The van der Waals surface area contributed by atoms with Crippen molar-refractivity contribution in [2.24, 2.45) is 0 Å². The molecule has 0 saturated heterocycles. The van der Waals surface area contributed by atoms with Crippen molar-refractivity contribution in [2.75, 3.05) is 24.9 Å². The Morgan fingerprint density at radius 3 is 2.26 bits per heavy atom. The van der Waals surface area contributed by atoms with E-state index in [2.05, 4.69) is 16.0 Å². The number of benzene rings is 3. The second kappa shape index (κ2) is 14.9. The fraction of sp³-hybridized carbons (Fsp3) is 0.156. The molecule has 3 N–H and O–H groups in total. The molecular formula is C32H31N3O5S2. The van der Waals surface area contributed by atoms with Crippen molar-refractivity contribution < 1.29 is 23.9 Å². The lowest BCUT2D eigenvalue weighted by Gasteiger charge is -2.17. The summed E-state index contributed by atoms with van der Waals surface area (Å²) in [7, 11) is 3.10. The number of anilines is 2. The van der Waals surface area contributed by atoms with Crippen molar-refractivity contribution in [3.63, 3.8) is 0 Å². The predicted octanol–water partition coefficient (Wildman–Crippen LogP) is 6.68. The SMILES string of the molecule is CCC(Sc1cccc(NC(=O)/C(=C/c2ccsc2)NC(=O)c2ccccc2)c1)C(=O)Nc1cc(OC)cc(OC)c1. The average molecular weight is 602 g/mol. The Labute approximate surface area is 253 Å². The van der Waals surface area contributed by atoms with E-state index in [-0.39, 0.29) is 17.5 Å². The molecule has 8 nitrogen and oxygen atoms in total. The summed E-state index contributed by atoms with van der Waals surface area (Å²) in [6, 6.07) is 23.0. The smallest absolute Gasteiger partial charge is 0.272 e. The van der Waals surface area contributed by atoms with Gasteiger partial charge in [-0.25, -0.2) is 0 Å². The summed E-state index contributed by atoms with van der Waals surface area (Å²) in [4.78, 5) is 40.1. The standard InChI is InChI=1S/C32H31N3O5S2/c1-4-29(32(38)34-24-16-25(39-2)19-26(17-24)40-3)42-27-12-8-11-23(18-27)33-31(37)28(15-21-13-14-41-20-21)35-30(36)22-9-6-5-7-10-22/h5-20,29H,4H2,1-3H3,(H,33,37)(H,34,38)(H,35,36)/b28-15-. The van der Waals surface area contributed by atoms with Crippen LogP contribution in [0, 0.1) is 0 Å². The lowest BCUT2D eigenvalue weighted by molar-refractivity contribution is -0.116. The molecule has 1 aromatic heterocycles. The molecule has 0 aliphatic heterocycles. The van der Waals surface area contributed by atoms with Crippen LogP contribution < -0.4 is 25.4 Å². The molecule has 42 heavy (non-hydrogen) atoms. The van der Waals surface area contributed by atoms with Gasteiger partial charge in [0.1, 0.15) is 17.2 Å². The van der Waals surface area contributed by atoms with Gasteiger partial charge in [0.25, 0.3) is 11.8 Å². The van der Waals surface area contributed by atoms with Gasteiger partial charge in [0.05, 0.1) is 19.5 Å². The van der Waals surface area contributed by atoms with Gasteiger partial charge in [-0.1, -0.05) is 31.2 Å². The van der Waals surface area contributed by atoms with E-state index < -0.39 is 11.2 Å². The summed E-state index contributed by atoms with van der Waals surface area (Å²) < 4.78 is 10.6. The average Bonchev–Trinajstić information content (AvgIpc) is 3.53. The molecule has 1 atom stereocenters. The first kappa shape index (κ1) is 30.4. The minimum atomic E-state index is -0.468. The maximum absolute atomic E-state index is 13.3. The first-order chi connectivity index (χ1) is 20.4. The molecule has 0 aliphatic rings. The molecule has 1 unspecified atom stereocenters. The molecular weight excluding hydrogens is 571 g/mol. The van der Waals surface area contributed by atoms with Crippen molar-refractivity contribution in [3.8, 4) is 11.5 Å². The van der Waals surface area contributed by atoms with Crippen molar-refractivity contribution >= 4 is 58.3 Å². The third-order valence-electron chi connectivity index (χ3n) is 6.04. The monoisotopic (exact) mass is 601 g/mol. The molecule has 0 radical (unpaired) electrons. The van der Waals surface area contributed by atoms with Crippen LogP contribution in [0.5, 0.6) is 11.5 Å². The quantitative estimate of drug-likeness (QED) is 0.124. The Kier molecular flexibility index (Phi) is 10.8. The van der Waals surface area contributed by atoms with Crippen LogP contribution >= 0.6 is 23.1 Å². The van der Waals surface area contributed by atoms with E-state index in [9.17, 15) is 14.4 Å². The van der Waals surface area contributed by atoms with Gasteiger partial charge in [-0.3, -0.25) is 14.4 Å². The first-order valence-corrected chi connectivity index (χ1v) is 14.9. The number of nitrogens with one attached hydrogen (secondary N) is 3. The van der Waals surface area contributed by atoms with Gasteiger partial charge in [-0.15, -0.1) is 11.8 Å². The third kappa shape index (κ3) is 8.48. The van der Waals surface area contributed by atoms with Crippen LogP contribution in [0.4, 0.5) is 11.4 Å². The van der Waals surface area contributed by atoms with Gasteiger partial charge < -0.3 is 25.4 Å². The predicted molar refractivity (Wildman–Crippen MR) is 169 cm³/mol. The van der Waals surface area contributed by atoms with E-state index in [4.69, 9.17) is 9.47 Å². The Bertz CT molecular complexity index is 1530. The Morgan fingerprint density at radius 1 is 0.881 bits per heavy atom. The second-order valence-electron chi connectivity index (χ2n) is 9.02. The number of rotatable bonds is 12. The van der Waals surface area contributed by atoms with Gasteiger partial charge in [0.2, 0.25) is 5.91 Å². The second-order valence-corrected chi connectivity index (χ2v) is 11.1. The summed E-state index contributed by atoms with van der Waals surface area (Å²) in [5, 5.41) is 11.9. The van der Waals surface area contributed by atoms with Crippen molar-refractivity contribution in [1.82, 2.24) is 5.32 Å². The molecule has 216 valence electrons. The van der Waals surface area contributed by atoms with Gasteiger partial charge in [-0.2, -0.15) is 11.3 Å². The zero-order valence-electron chi connectivity index (χ0n) is 23.4. The highest BCUT2D eigenvalue weighted by Crippen LogP contribution is 2.30. The molecule has 0 spiro atoms. The van der Waals surface area contributed by atoms with Crippen molar-refractivity contribution in [3.05, 3.63) is 106 Å². The van der Waals surface area contributed by atoms with E-state index in [1.165, 1.54) is 23.1 Å². The maximum atomic E-state index is 13.3. The van der Waals surface area contributed by atoms with Gasteiger partial charge in [0, 0.05) is 40.0 Å². The number of thioether (sulfide) groups is 1. The first-order valence-electron chi connectivity index (χ1n) is 13.1. The number of hydrogen-bond donors (Lipinski definition) is 3. The summed E-state index contributed by atoms with van der Waals surface area (Å²) in [5.74, 6) is 0.116. The highest BCUT2D eigenvalue weighted by molar-refractivity contribution is 8.00. The molecule has 4 rings (SSSR count). The molecule has 0 bridgehead atoms. The molecule has 10 heteroatoms. The van der Waals surface area contributed by atoms with E-state index in [0.717, 1.165) is 10.5 Å². The fourth-order valence-corrected chi connectivity index (χ4v) is 5.53. The number of carbonyl (C=O) groups excluding carboxylic acids is 3. The van der Waals surface area contributed by atoms with Gasteiger partial charge in [-0.05, 0) is 65.2 Å². The molecule has 0 saturated carbocycles. The largest absolute Gasteiger partial charge is 0.497 e. The minimum absolute atomic E-state index is 0.111. The number of amides is 3. The number of hydrogen-bond acceptors (Lipinski definition) is 7. The molecule has 3 amide bonds. The Hall–Kier alpha value is -4.54. The zero-order valence-corrected chi connectivity index (χ0v) is 25.0. The van der Waals surface area contributed by atoms with Gasteiger partial charge in [0.15, 0.2) is 0 Å². The van der Waals surface area contributed by atoms with Crippen LogP contribution in [0.3, 0.4) is 0 Å². The fourth-order valence-electron chi connectivity index (χ4n) is 3.90. The van der Waals surface area contributed by atoms with Crippen LogP contribution in [-0.2, 0) is 9.59 Å². The van der Waals surface area contributed by atoms with Crippen LogP contribution in [0.2, 0.25) is 0 Å². The third-order valence-corrected chi connectivity index (χ3v) is 8.09. The number of ether oxygens (including phenoxy) is 2. The van der Waals surface area contributed by atoms with Crippen LogP contribution in [-0.4, -0.2) is 37.2 Å². The van der Waals surface area contributed by atoms with E-state index >= 15 is 0 Å². The van der Waals surface area contributed by atoms with E-state index in [0.29, 0.717) is 34.9 Å². The lowest BCUT2D eigenvalue weighted by atomic mass is 10.2. The maximum Gasteiger partial charge on any atom is 0.272 e. The summed E-state index contributed by atoms with van der Waals surface area (Å²) >= 11 is 2.88. The number of thiophene rings is 1. The summed E-state index contributed by atoms with van der Waals surface area (Å²) in [6.07, 6.45) is 2.21. The Balaban J connectivity index is 1.46. The Morgan fingerprint density at radius 2 is 1.62 bits per heavy atom. The topological polar surface area (TPSA) is 106 Å². The minimum Gasteiger partial charge on any atom is -0.497 e. The van der Waals surface area contributed by atoms with Crippen molar-refractivity contribution in [1.29, 1.82) is 0 Å². The summed E-state index contributed by atoms with van der Waals surface area (Å²) in [5.41, 5.74) is 2.45. The van der Waals surface area contributed by atoms with Crippen LogP contribution in [0.1, 0.15) is 29.3 Å².